The van der Waals surface area contributed by atoms with Crippen LogP contribution in [0.15, 0.2) is 12.5 Å². The number of carboxylic acid groups (broad SMARTS) is 1. The number of likely N-dealkylation sites (tertiary alicyclic amines) is 1. The van der Waals surface area contributed by atoms with Crippen molar-refractivity contribution in [3.63, 3.8) is 0 Å². The molecule has 0 spiro atoms. The molecule has 2 rings (SSSR count). The first-order chi connectivity index (χ1) is 15.1. The van der Waals surface area contributed by atoms with E-state index in [1.165, 1.54) is 24.3 Å². The third-order valence-corrected chi connectivity index (χ3v) is 5.20. The third kappa shape index (κ3) is 6.77. The summed E-state index contributed by atoms with van der Waals surface area (Å²) in [5, 5.41) is 14.0. The number of aliphatic carboxylic acids is 1. The number of rotatable bonds is 11. The lowest BCUT2D eigenvalue weighted by atomic mass is 10.1. The molecule has 32 heavy (non-hydrogen) atoms. The minimum atomic E-state index is -1.22. The lowest BCUT2D eigenvalue weighted by molar-refractivity contribution is -0.142. The molecule has 4 unspecified atom stereocenters. The summed E-state index contributed by atoms with van der Waals surface area (Å²) in [7, 11) is 0. The number of carbonyl (C=O) groups is 5. The van der Waals surface area contributed by atoms with Crippen LogP contribution in [-0.2, 0) is 30.4 Å². The van der Waals surface area contributed by atoms with Crippen molar-refractivity contribution in [3.05, 3.63) is 18.2 Å². The zero-order valence-corrected chi connectivity index (χ0v) is 17.7. The van der Waals surface area contributed by atoms with E-state index in [-0.39, 0.29) is 19.3 Å². The highest BCUT2D eigenvalue weighted by Crippen LogP contribution is 2.19. The Morgan fingerprint density at radius 1 is 1.31 bits per heavy atom. The molecule has 2 heterocycles. The van der Waals surface area contributed by atoms with Gasteiger partial charge in [0.1, 0.15) is 18.1 Å². The number of carbonyl (C=O) groups excluding carboxylic acids is 4. The molecule has 1 aromatic rings. The fraction of sp³-hybridized carbons (Fsp3) is 0.579. The third-order valence-electron chi connectivity index (χ3n) is 5.20. The Bertz CT molecular complexity index is 843. The zero-order valence-electron chi connectivity index (χ0n) is 17.7. The molecule has 8 N–H and O–H groups in total. The second kappa shape index (κ2) is 11.2. The molecule has 0 bridgehead atoms. The monoisotopic (exact) mass is 451 g/mol. The highest BCUT2D eigenvalue weighted by Gasteiger charge is 2.37. The van der Waals surface area contributed by atoms with E-state index in [0.717, 1.165) is 0 Å². The van der Waals surface area contributed by atoms with Gasteiger partial charge in [-0.05, 0) is 26.2 Å². The quantitative estimate of drug-likeness (QED) is 0.213. The molecule has 1 aromatic heterocycles. The second-order valence-electron chi connectivity index (χ2n) is 7.71. The van der Waals surface area contributed by atoms with Crippen molar-refractivity contribution in [1.29, 1.82) is 0 Å². The molecule has 0 saturated carbocycles. The topological polar surface area (TPSA) is 214 Å². The molecule has 0 aromatic carbocycles. The van der Waals surface area contributed by atoms with Gasteiger partial charge in [-0.1, -0.05) is 0 Å². The van der Waals surface area contributed by atoms with Crippen molar-refractivity contribution in [2.75, 3.05) is 6.54 Å². The maximum absolute atomic E-state index is 13.0. The first-order valence-electron chi connectivity index (χ1n) is 10.2. The molecule has 176 valence electrons. The maximum Gasteiger partial charge on any atom is 0.325 e. The SMILES string of the molecule is CC(NC(=O)C(Cc1cnc[nH]1)NC(=O)C1CCCN1C(=O)C(N)CCC(N)=O)C(=O)O. The number of hydrogen-bond donors (Lipinski definition) is 6. The average Bonchev–Trinajstić information content (AvgIpc) is 3.42. The molecular weight excluding hydrogens is 422 g/mol. The molecule has 13 heteroatoms. The number of nitrogens with one attached hydrogen (secondary N) is 3. The predicted octanol–water partition coefficient (Wildman–Crippen LogP) is -2.39. The van der Waals surface area contributed by atoms with Gasteiger partial charge in [0.15, 0.2) is 0 Å². The fourth-order valence-corrected chi connectivity index (χ4v) is 3.41. The van der Waals surface area contributed by atoms with Crippen molar-refractivity contribution >= 4 is 29.6 Å². The van der Waals surface area contributed by atoms with E-state index in [9.17, 15) is 24.0 Å². The summed E-state index contributed by atoms with van der Waals surface area (Å²) < 4.78 is 0. The molecular formula is C19H29N7O6. The molecule has 0 radical (unpaired) electrons. The first-order valence-corrected chi connectivity index (χ1v) is 10.2. The Morgan fingerprint density at radius 3 is 2.62 bits per heavy atom. The number of carboxylic acids is 1. The second-order valence-corrected chi connectivity index (χ2v) is 7.71. The lowest BCUT2D eigenvalue weighted by Gasteiger charge is -2.28. The van der Waals surface area contributed by atoms with Crippen LogP contribution in [0.4, 0.5) is 0 Å². The number of primary amides is 1. The Morgan fingerprint density at radius 2 is 2.03 bits per heavy atom. The van der Waals surface area contributed by atoms with Gasteiger partial charge in [0.25, 0.3) is 0 Å². The summed E-state index contributed by atoms with van der Waals surface area (Å²) in [6, 6.07) is -4.06. The van der Waals surface area contributed by atoms with Gasteiger partial charge < -0.3 is 37.1 Å². The smallest absolute Gasteiger partial charge is 0.325 e. The highest BCUT2D eigenvalue weighted by atomic mass is 16.4. The molecule has 13 nitrogen and oxygen atoms in total. The van der Waals surface area contributed by atoms with Crippen LogP contribution in [0, 0.1) is 0 Å². The molecule has 4 atom stereocenters. The van der Waals surface area contributed by atoms with Crippen molar-refractivity contribution in [2.24, 2.45) is 11.5 Å². The summed E-state index contributed by atoms with van der Waals surface area (Å²) in [4.78, 5) is 68.4. The standard InChI is InChI=1S/C19H29N7O6/c1-10(19(31)32)24-16(28)13(7-11-8-22-9-23-11)25-17(29)14-3-2-6-26(14)18(30)12(20)4-5-15(21)27/h8-10,12-14H,2-7,20H2,1H3,(H2,21,27)(H,22,23)(H,24,28)(H,25,29)(H,31,32). The van der Waals surface area contributed by atoms with Gasteiger partial charge in [0, 0.05) is 31.3 Å². The van der Waals surface area contributed by atoms with E-state index in [2.05, 4.69) is 20.6 Å². The van der Waals surface area contributed by atoms with Gasteiger partial charge in [0.05, 0.1) is 12.4 Å². The van der Waals surface area contributed by atoms with Gasteiger partial charge in [-0.2, -0.15) is 0 Å². The van der Waals surface area contributed by atoms with Crippen LogP contribution in [-0.4, -0.2) is 80.3 Å². The van der Waals surface area contributed by atoms with Gasteiger partial charge in [-0.3, -0.25) is 24.0 Å². The Balaban J connectivity index is 2.09. The minimum Gasteiger partial charge on any atom is -0.480 e. The van der Waals surface area contributed by atoms with E-state index in [0.29, 0.717) is 25.1 Å². The highest BCUT2D eigenvalue weighted by molar-refractivity contribution is 5.94. The normalized spacial score (nSPS) is 18.4. The number of imidazole rings is 1. The Kier molecular flexibility index (Phi) is 8.70. The van der Waals surface area contributed by atoms with Crippen LogP contribution >= 0.6 is 0 Å². The van der Waals surface area contributed by atoms with Crippen LogP contribution in [0.3, 0.4) is 0 Å². The van der Waals surface area contributed by atoms with Crippen molar-refractivity contribution in [2.45, 2.75) is 63.2 Å². The van der Waals surface area contributed by atoms with Gasteiger partial charge in [0.2, 0.25) is 23.6 Å². The number of nitrogens with zero attached hydrogens (tertiary/aromatic N) is 2. The van der Waals surface area contributed by atoms with Crippen LogP contribution < -0.4 is 22.1 Å². The Hall–Kier alpha value is -3.48. The van der Waals surface area contributed by atoms with Gasteiger partial charge in [-0.15, -0.1) is 0 Å². The lowest BCUT2D eigenvalue weighted by Crippen LogP contribution is -2.57. The van der Waals surface area contributed by atoms with Crippen LogP contribution in [0.2, 0.25) is 0 Å². The number of H-pyrrole nitrogens is 1. The van der Waals surface area contributed by atoms with Crippen LogP contribution in [0.25, 0.3) is 0 Å². The predicted molar refractivity (Wildman–Crippen MR) is 111 cm³/mol. The summed E-state index contributed by atoms with van der Waals surface area (Å²) in [5.74, 6) is -3.51. The maximum atomic E-state index is 13.0. The first kappa shape index (κ1) is 24.8. The van der Waals surface area contributed by atoms with E-state index in [1.54, 1.807) is 0 Å². The average molecular weight is 451 g/mol. The number of amides is 4. The van der Waals surface area contributed by atoms with E-state index in [4.69, 9.17) is 16.6 Å². The summed E-state index contributed by atoms with van der Waals surface area (Å²) in [5.41, 5.74) is 11.5. The van der Waals surface area contributed by atoms with Gasteiger partial charge >= 0.3 is 5.97 Å². The van der Waals surface area contributed by atoms with Crippen LogP contribution in [0.1, 0.15) is 38.3 Å². The van der Waals surface area contributed by atoms with Crippen molar-refractivity contribution in [3.8, 4) is 0 Å². The summed E-state index contributed by atoms with van der Waals surface area (Å²) in [6.45, 7) is 1.62. The molecule has 0 aliphatic carbocycles. The number of nitrogens with two attached hydrogens (primary N) is 2. The zero-order chi connectivity index (χ0) is 23.8. The summed E-state index contributed by atoms with van der Waals surface area (Å²) >= 11 is 0. The fourth-order valence-electron chi connectivity index (χ4n) is 3.41. The molecule has 1 aliphatic heterocycles. The number of hydrogen-bond acceptors (Lipinski definition) is 7. The van der Waals surface area contributed by atoms with Gasteiger partial charge in [-0.25, -0.2) is 4.98 Å². The Labute approximate surface area is 184 Å². The number of aromatic amines is 1. The van der Waals surface area contributed by atoms with Crippen LogP contribution in [0.5, 0.6) is 0 Å². The van der Waals surface area contributed by atoms with E-state index < -0.39 is 53.8 Å². The largest absolute Gasteiger partial charge is 0.480 e. The van der Waals surface area contributed by atoms with Crippen molar-refractivity contribution in [1.82, 2.24) is 25.5 Å². The minimum absolute atomic E-state index is 0.0443. The number of aromatic nitrogens is 2. The molecule has 1 fully saturated rings. The molecule has 4 amide bonds. The summed E-state index contributed by atoms with van der Waals surface area (Å²) in [6.07, 6.45) is 3.91. The van der Waals surface area contributed by atoms with Crippen molar-refractivity contribution < 1.29 is 29.1 Å². The molecule has 1 saturated heterocycles. The van der Waals surface area contributed by atoms with E-state index >= 15 is 0 Å². The molecule has 1 aliphatic rings. The van der Waals surface area contributed by atoms with E-state index in [1.807, 2.05) is 0 Å².